The molecule has 2 amide bonds. The zero-order chi connectivity index (χ0) is 34.8. The Bertz CT molecular complexity index is 1980. The van der Waals surface area contributed by atoms with Crippen molar-refractivity contribution < 1.29 is 14.3 Å². The van der Waals surface area contributed by atoms with E-state index in [1.54, 1.807) is 0 Å². The van der Waals surface area contributed by atoms with E-state index in [0.717, 1.165) is 108 Å². The molecule has 2 aliphatic heterocycles. The van der Waals surface area contributed by atoms with Gasteiger partial charge in [-0.25, -0.2) is 9.97 Å². The number of H-pyrrole nitrogens is 2. The second-order valence-corrected chi connectivity index (χ2v) is 14.7. The number of aromatic nitrogens is 4. The third-order valence-electron chi connectivity index (χ3n) is 10.9. The van der Waals surface area contributed by atoms with E-state index in [0.29, 0.717) is 18.9 Å². The van der Waals surface area contributed by atoms with Crippen LogP contribution in [-0.4, -0.2) is 56.4 Å². The van der Waals surface area contributed by atoms with Gasteiger partial charge in [-0.3, -0.25) is 9.59 Å². The van der Waals surface area contributed by atoms with Crippen LogP contribution in [0.3, 0.4) is 0 Å². The van der Waals surface area contributed by atoms with Crippen molar-refractivity contribution in [2.45, 2.75) is 84.7 Å². The van der Waals surface area contributed by atoms with Crippen LogP contribution < -0.4 is 5.32 Å². The number of nitrogens with zero attached hydrogens (tertiary/aromatic N) is 3. The number of hydrogen-bond acceptors (Lipinski definition) is 5. The second kappa shape index (κ2) is 20.2. The molecule has 4 atom stereocenters. The molecule has 54 heavy (non-hydrogen) atoms. The largest absolute Gasteiger partial charge is 0.381 e. The lowest BCUT2D eigenvalue weighted by atomic mass is 9.96. The number of nitrogens with one attached hydrogen (secondary N) is 3. The zero-order valence-corrected chi connectivity index (χ0v) is 35.8. The van der Waals surface area contributed by atoms with E-state index in [2.05, 4.69) is 83.7 Å². The van der Waals surface area contributed by atoms with Crippen LogP contribution in [0.15, 0.2) is 60.8 Å². The highest BCUT2D eigenvalue weighted by molar-refractivity contribution is 7.59. The van der Waals surface area contributed by atoms with Crippen LogP contribution in [0, 0.1) is 17.8 Å². The maximum absolute atomic E-state index is 13.2. The maximum atomic E-state index is 13.2. The van der Waals surface area contributed by atoms with Gasteiger partial charge in [0.15, 0.2) is 0 Å². The first kappa shape index (κ1) is 45.3. The molecule has 2 saturated heterocycles. The maximum Gasteiger partial charge on any atom is 0.226 e. The molecule has 7 rings (SSSR count). The highest BCUT2D eigenvalue weighted by Crippen LogP contribution is 2.35. The summed E-state index contributed by atoms with van der Waals surface area (Å²) in [5.41, 5.74) is 6.13. The molecule has 0 aliphatic carbocycles. The first-order chi connectivity index (χ1) is 24.3. The molecule has 4 heterocycles. The summed E-state index contributed by atoms with van der Waals surface area (Å²) in [5.74, 6) is 2.22. The number of carbonyl (C=O) groups excluding carboxylic acids is 2. The lowest BCUT2D eigenvalue weighted by molar-refractivity contribution is -0.137. The summed E-state index contributed by atoms with van der Waals surface area (Å²) < 4.78 is 5.89. The molecule has 0 saturated carbocycles. The summed E-state index contributed by atoms with van der Waals surface area (Å²) in [5, 5.41) is 5.43. The number of aromatic amines is 2. The smallest absolute Gasteiger partial charge is 0.226 e. The minimum atomic E-state index is -0.233. The molecule has 0 spiro atoms. The summed E-state index contributed by atoms with van der Waals surface area (Å²) in [7, 11) is 0. The lowest BCUT2D eigenvalue weighted by Gasteiger charge is -2.27. The number of benzene rings is 3. The van der Waals surface area contributed by atoms with Crippen LogP contribution in [0.5, 0.6) is 0 Å². The van der Waals surface area contributed by atoms with Gasteiger partial charge in [-0.15, -0.1) is 0 Å². The minimum absolute atomic E-state index is 0. The van der Waals surface area contributed by atoms with Crippen molar-refractivity contribution in [2.24, 2.45) is 17.8 Å². The fourth-order valence-corrected chi connectivity index (χ4v) is 7.38. The van der Waals surface area contributed by atoms with Crippen molar-refractivity contribution in [1.29, 1.82) is 0 Å². The Labute approximate surface area is 347 Å². The van der Waals surface area contributed by atoms with Crippen molar-refractivity contribution in [3.8, 4) is 22.4 Å². The summed E-state index contributed by atoms with van der Waals surface area (Å²) >= 11 is 0. The Hall–Kier alpha value is -3.10. The van der Waals surface area contributed by atoms with E-state index in [9.17, 15) is 9.59 Å². The monoisotopic (exact) mass is 810 g/mol. The molecule has 0 bridgehead atoms. The average molecular weight is 811 g/mol. The first-order valence-corrected chi connectivity index (χ1v) is 18.5. The SMILES string of the molecule is CC(C)[C@H](C)C(=O)N1CCC[C@H]1c1ncc(-c2ccc(-c3ccc4c(ccc5[nH]c([C@@H]6CCOCCCCC[C@H](C)C(=O)N6)nc54)c3)cc2)[nH]1.S.S.S.S. The number of carbonyl (C=O) groups is 2. The fourth-order valence-electron chi connectivity index (χ4n) is 7.38. The molecule has 13 heteroatoms. The normalized spacial score (nSPS) is 20.1. The first-order valence-electron chi connectivity index (χ1n) is 18.5. The highest BCUT2D eigenvalue weighted by atomic mass is 32.1. The van der Waals surface area contributed by atoms with Gasteiger partial charge in [0.05, 0.1) is 35.0 Å². The van der Waals surface area contributed by atoms with Crippen molar-refractivity contribution in [3.05, 3.63) is 72.4 Å². The molecule has 3 aromatic carbocycles. The average Bonchev–Trinajstić information content (AvgIpc) is 3.91. The standard InChI is InChI=1S/C41H50N6O3.4H2S/c1-25(2)27(4)41(49)47-20-8-10-36(47)39-42-24-35(44-39)29-13-11-28(12-14-29)30-15-17-32-31(23-30)16-18-33-37(32)46-38(43-33)34-19-22-50-21-7-5-6-9-26(3)40(48)45-34;;;;/h11-18,23-27,34,36H,5-10,19-22H2,1-4H3,(H,42,44)(H,43,46)(H,45,48);4*1H2/t26-,27-,34-,36-;;;;/m0..../s1. The number of ether oxygens (including phenoxy) is 1. The van der Waals surface area contributed by atoms with E-state index in [1.165, 1.54) is 0 Å². The molecule has 9 nitrogen and oxygen atoms in total. The van der Waals surface area contributed by atoms with Crippen LogP contribution in [0.25, 0.3) is 44.2 Å². The third-order valence-corrected chi connectivity index (χ3v) is 10.9. The van der Waals surface area contributed by atoms with Gasteiger partial charge in [0.25, 0.3) is 0 Å². The molecule has 2 fully saturated rings. The van der Waals surface area contributed by atoms with Gasteiger partial charge in [-0.1, -0.05) is 83.0 Å². The molecular weight excluding hydrogens is 753 g/mol. The third kappa shape index (κ3) is 9.82. The molecule has 2 aliphatic rings. The Morgan fingerprint density at radius 2 is 1.56 bits per heavy atom. The molecule has 0 unspecified atom stereocenters. The van der Waals surface area contributed by atoms with Gasteiger partial charge in [-0.05, 0) is 72.2 Å². The predicted octanol–water partition coefficient (Wildman–Crippen LogP) is 8.95. The van der Waals surface area contributed by atoms with Crippen LogP contribution in [-0.2, 0) is 14.3 Å². The number of hydrogen-bond donors (Lipinski definition) is 3. The number of amides is 2. The number of likely N-dealkylation sites (tertiary alicyclic amines) is 1. The zero-order valence-electron chi connectivity index (χ0n) is 31.8. The second-order valence-electron chi connectivity index (χ2n) is 14.7. The van der Waals surface area contributed by atoms with Crippen molar-refractivity contribution in [3.63, 3.8) is 0 Å². The van der Waals surface area contributed by atoms with E-state index in [1.807, 2.05) is 24.9 Å². The Balaban J connectivity index is 0.00000196. The van der Waals surface area contributed by atoms with Crippen LogP contribution in [0.2, 0.25) is 0 Å². The van der Waals surface area contributed by atoms with Gasteiger partial charge in [-0.2, -0.15) is 54.0 Å². The Kier molecular flexibility index (Phi) is 16.9. The number of fused-ring (bicyclic) bond motifs is 3. The van der Waals surface area contributed by atoms with Gasteiger partial charge in [0, 0.05) is 37.0 Å². The van der Waals surface area contributed by atoms with Crippen LogP contribution in [0.4, 0.5) is 0 Å². The number of rotatable bonds is 6. The summed E-state index contributed by atoms with van der Waals surface area (Å²) in [6.45, 7) is 10.4. The molecular formula is C41H58N6O3S4. The number of imidazole rings is 2. The molecule has 5 aromatic rings. The van der Waals surface area contributed by atoms with Crippen LogP contribution >= 0.6 is 54.0 Å². The van der Waals surface area contributed by atoms with Crippen LogP contribution in [0.1, 0.15) is 96.4 Å². The van der Waals surface area contributed by atoms with Gasteiger partial charge < -0.3 is 24.9 Å². The fraction of sp³-hybridized carbons (Fsp3) is 0.463. The molecule has 294 valence electrons. The quantitative estimate of drug-likeness (QED) is 0.159. The van der Waals surface area contributed by atoms with E-state index in [-0.39, 0.29) is 89.7 Å². The lowest BCUT2D eigenvalue weighted by Crippen LogP contribution is -2.36. The summed E-state index contributed by atoms with van der Waals surface area (Å²) in [6, 6.07) is 19.0. The Morgan fingerprint density at radius 3 is 2.31 bits per heavy atom. The van der Waals surface area contributed by atoms with Crippen molar-refractivity contribution >= 4 is 87.6 Å². The van der Waals surface area contributed by atoms with E-state index >= 15 is 0 Å². The van der Waals surface area contributed by atoms with E-state index in [4.69, 9.17) is 14.7 Å². The van der Waals surface area contributed by atoms with Crippen molar-refractivity contribution in [1.82, 2.24) is 30.2 Å². The molecule has 0 radical (unpaired) electrons. The Morgan fingerprint density at radius 1 is 0.815 bits per heavy atom. The van der Waals surface area contributed by atoms with Gasteiger partial charge >= 0.3 is 0 Å². The summed E-state index contributed by atoms with van der Waals surface area (Å²) in [6.07, 6.45) is 8.55. The topological polar surface area (TPSA) is 116 Å². The minimum Gasteiger partial charge on any atom is -0.381 e. The van der Waals surface area contributed by atoms with E-state index < -0.39 is 0 Å². The van der Waals surface area contributed by atoms with Gasteiger partial charge in [0.1, 0.15) is 11.6 Å². The summed E-state index contributed by atoms with van der Waals surface area (Å²) in [4.78, 5) is 45.0. The van der Waals surface area contributed by atoms with Gasteiger partial charge in [0.2, 0.25) is 11.8 Å². The van der Waals surface area contributed by atoms with Crippen molar-refractivity contribution in [2.75, 3.05) is 19.8 Å². The predicted molar refractivity (Wildman–Crippen MR) is 240 cm³/mol. The highest BCUT2D eigenvalue weighted by Gasteiger charge is 2.35. The molecule has 3 N–H and O–H groups in total. The molecule has 2 aromatic heterocycles.